The smallest absolute Gasteiger partial charge is 0.410 e. The van der Waals surface area contributed by atoms with E-state index in [0.29, 0.717) is 92.7 Å². The standard InChI is InChI=1S/C27H31IN6O4.C27H30IN5O4.C12H12NO2P/c1-16(35)23-22(17-8-10-18(11-9-17)25(36)31-21-15-19(28)12-13-30-21)32-24(34(23)29)20-7-5-6-14-33(20)26(37)38-27(2,3)4;1-16(34)22-23(17-8-10-18(11-9-17)25(35)30-21-15-19(28)12-13-29-21)32-24(31-22)20-7-5-6-14-33(20)26(36)37-27(2,3)4;13-15-16(14,11-7-3-1-4-8-11)12-9-5-2-6-10-12/h8-13,15,20H,5-7,14,29H2,1-4H3,(H,30,31,36);8-13,15,20H,5-7,14H2,1-4H3,(H,31,32)(H,29,30,35);1-10H,13H2/t2*20-;/m00./s1. The molecular formula is C66H73I2N12O10P. The van der Waals surface area contributed by atoms with Crippen LogP contribution < -0.4 is 33.0 Å². The summed E-state index contributed by atoms with van der Waals surface area (Å²) in [5.41, 5.74) is 2.43. The number of ether oxygens (including phenoxy) is 2. The topological polar surface area (TPSA) is 302 Å². The number of Topliss-reactive ketones (excluding diaryl/α,β-unsaturated/α-hetero) is 2. The van der Waals surface area contributed by atoms with Crippen LogP contribution >= 0.6 is 52.6 Å². The third-order valence-corrected chi connectivity index (χ3v) is 17.9. The van der Waals surface area contributed by atoms with E-state index in [1.165, 1.54) is 18.5 Å². The molecule has 25 heteroatoms. The average molecular weight is 1480 g/mol. The third-order valence-electron chi connectivity index (χ3n) is 14.3. The molecule has 22 nitrogen and oxygen atoms in total. The minimum atomic E-state index is -3.13. The molecule has 0 saturated carbocycles. The molecule has 4 amide bonds. The van der Waals surface area contributed by atoms with E-state index in [2.05, 4.69) is 70.8 Å². The molecule has 8 aromatic rings. The molecule has 2 aliphatic heterocycles. The summed E-state index contributed by atoms with van der Waals surface area (Å²) in [6.07, 6.45) is 7.35. The molecule has 0 aliphatic carbocycles. The summed E-state index contributed by atoms with van der Waals surface area (Å²) >= 11 is 4.31. The van der Waals surface area contributed by atoms with Crippen molar-refractivity contribution in [3.05, 3.63) is 187 Å². The van der Waals surface area contributed by atoms with Gasteiger partial charge in [0, 0.05) is 79.3 Å². The van der Waals surface area contributed by atoms with Crippen LogP contribution in [0.4, 0.5) is 21.2 Å². The van der Waals surface area contributed by atoms with Crippen molar-refractivity contribution >= 4 is 110 Å². The Balaban J connectivity index is 0.000000190. The first-order valence-electron chi connectivity index (χ1n) is 29.4. The number of hydrogen-bond donors (Lipinski definition) is 5. The second kappa shape index (κ2) is 30.3. The number of nitrogens with zero attached hydrogens (tertiary/aromatic N) is 7. The summed E-state index contributed by atoms with van der Waals surface area (Å²) in [6, 6.07) is 38.1. The Hall–Kier alpha value is -8.17. The van der Waals surface area contributed by atoms with Gasteiger partial charge >= 0.3 is 12.2 Å². The van der Waals surface area contributed by atoms with Gasteiger partial charge in [0.2, 0.25) is 0 Å². The monoisotopic (exact) mass is 1480 g/mol. The summed E-state index contributed by atoms with van der Waals surface area (Å²) in [5, 5.41) is 6.77. The summed E-state index contributed by atoms with van der Waals surface area (Å²) in [6.45, 7) is 14.9. The van der Waals surface area contributed by atoms with Crippen LogP contribution in [-0.2, 0) is 18.7 Å². The van der Waals surface area contributed by atoms with Crippen LogP contribution in [0.1, 0.15) is 159 Å². The molecule has 0 bridgehead atoms. The Labute approximate surface area is 555 Å². The normalized spacial score (nSPS) is 15.0. The maximum atomic E-state index is 13.0. The number of anilines is 2. The van der Waals surface area contributed by atoms with Crippen LogP contribution in [0.2, 0.25) is 0 Å². The number of nitrogens with one attached hydrogen (secondary N) is 3. The number of rotatable bonds is 13. The first kappa shape index (κ1) is 68.7. The van der Waals surface area contributed by atoms with E-state index in [9.17, 15) is 33.3 Å². The highest BCUT2D eigenvalue weighted by molar-refractivity contribution is 14.1. The molecule has 0 unspecified atom stereocenters. The van der Waals surface area contributed by atoms with Crippen molar-refractivity contribution < 1.29 is 47.4 Å². The Morgan fingerprint density at radius 1 is 0.593 bits per heavy atom. The molecule has 2 saturated heterocycles. The van der Waals surface area contributed by atoms with Crippen molar-refractivity contribution in [1.82, 2.24) is 39.4 Å². The van der Waals surface area contributed by atoms with Crippen molar-refractivity contribution in [2.24, 2.45) is 5.90 Å². The summed E-state index contributed by atoms with van der Waals surface area (Å²) in [4.78, 5) is 101. The molecule has 4 aromatic carbocycles. The molecule has 6 heterocycles. The number of pyridine rings is 2. The second-order valence-corrected chi connectivity index (χ2v) is 28.3. The van der Waals surface area contributed by atoms with Gasteiger partial charge in [0.1, 0.15) is 45.7 Å². The van der Waals surface area contributed by atoms with E-state index in [4.69, 9.17) is 35.8 Å². The fourth-order valence-corrected chi connectivity index (χ4v) is 12.7. The van der Waals surface area contributed by atoms with Gasteiger partial charge in [-0.05, 0) is 198 Å². The van der Waals surface area contributed by atoms with Crippen molar-refractivity contribution in [2.45, 2.75) is 117 Å². The lowest BCUT2D eigenvalue weighted by atomic mass is 10.0. The van der Waals surface area contributed by atoms with E-state index in [1.807, 2.05) is 90.1 Å². The molecular weight excluding hydrogens is 1410 g/mol. The van der Waals surface area contributed by atoms with E-state index >= 15 is 0 Å². The molecule has 2 aliphatic rings. The Morgan fingerprint density at radius 3 is 1.45 bits per heavy atom. The summed E-state index contributed by atoms with van der Waals surface area (Å²) in [5.74, 6) is 12.5. The van der Waals surface area contributed by atoms with E-state index in [0.717, 1.165) is 39.2 Å². The molecule has 7 N–H and O–H groups in total. The molecule has 91 heavy (non-hydrogen) atoms. The third kappa shape index (κ3) is 17.9. The number of nitrogens with two attached hydrogens (primary N) is 2. The summed E-state index contributed by atoms with van der Waals surface area (Å²) in [7, 11) is -3.13. The zero-order valence-corrected chi connectivity index (χ0v) is 56.9. The van der Waals surface area contributed by atoms with Gasteiger partial charge in [0.15, 0.2) is 17.4 Å². The minimum Gasteiger partial charge on any atom is -0.444 e. The highest BCUT2D eigenvalue weighted by atomic mass is 127. The number of benzene rings is 4. The molecule has 10 rings (SSSR count). The number of imidazole rings is 2. The number of aromatic amines is 1. The van der Waals surface area contributed by atoms with Crippen LogP contribution in [0.5, 0.6) is 0 Å². The van der Waals surface area contributed by atoms with Crippen LogP contribution in [-0.4, -0.2) is 99.3 Å². The minimum absolute atomic E-state index is 0.167. The lowest BCUT2D eigenvalue weighted by Gasteiger charge is -2.36. The average Bonchev–Trinajstić information content (AvgIpc) is 1.77. The van der Waals surface area contributed by atoms with Gasteiger partial charge in [-0.25, -0.2) is 44.7 Å². The predicted octanol–water partition coefficient (Wildman–Crippen LogP) is 13.0. The molecule has 0 radical (unpaired) electrons. The van der Waals surface area contributed by atoms with Crippen LogP contribution in [0.15, 0.2) is 146 Å². The van der Waals surface area contributed by atoms with Crippen LogP contribution in [0, 0.1) is 7.14 Å². The quantitative estimate of drug-likeness (QED) is 0.0236. The zero-order valence-electron chi connectivity index (χ0n) is 51.7. The van der Waals surface area contributed by atoms with Gasteiger partial charge in [-0.1, -0.05) is 60.7 Å². The number of halogens is 2. The number of nitrogen functional groups attached to an aromatic ring is 1. The van der Waals surface area contributed by atoms with E-state index in [-0.39, 0.29) is 35.1 Å². The highest BCUT2D eigenvalue weighted by Gasteiger charge is 2.37. The SMILES string of the molecule is CC(=O)c1[nH]c([C@@H]2CCCCN2C(=O)OC(C)(C)C)nc1-c1ccc(C(=O)Nc2cc(I)ccn2)cc1.CC(=O)c1c(-c2ccc(C(=O)Nc3cc(I)ccn3)cc2)nc([C@@H]2CCCCN2C(=O)OC(C)(C)C)n1N.NOP(=O)(c1ccccc1)c1ccccc1. The van der Waals surface area contributed by atoms with Gasteiger partial charge < -0.3 is 30.9 Å². The van der Waals surface area contributed by atoms with Crippen molar-refractivity contribution in [1.29, 1.82) is 0 Å². The Morgan fingerprint density at radius 2 is 1.03 bits per heavy atom. The number of amides is 4. The number of H-pyrrole nitrogens is 1. The zero-order chi connectivity index (χ0) is 65.8. The number of hydrogen-bond acceptors (Lipinski definition) is 16. The maximum absolute atomic E-state index is 13.0. The Kier molecular flexibility index (Phi) is 22.9. The van der Waals surface area contributed by atoms with Gasteiger partial charge in [-0.15, -0.1) is 0 Å². The summed E-state index contributed by atoms with van der Waals surface area (Å²) < 4.78 is 31.9. The lowest BCUT2D eigenvalue weighted by molar-refractivity contribution is 0.00739. The van der Waals surface area contributed by atoms with Crippen molar-refractivity contribution in [3.63, 3.8) is 0 Å². The van der Waals surface area contributed by atoms with Gasteiger partial charge in [-0.3, -0.25) is 33.5 Å². The first-order chi connectivity index (χ1) is 43.2. The van der Waals surface area contributed by atoms with Gasteiger partial charge in [0.05, 0.1) is 17.8 Å². The van der Waals surface area contributed by atoms with Crippen LogP contribution in [0.25, 0.3) is 22.5 Å². The predicted molar refractivity (Wildman–Crippen MR) is 366 cm³/mol. The number of ketones is 2. The fourth-order valence-electron chi connectivity index (χ4n) is 10.1. The maximum Gasteiger partial charge on any atom is 0.410 e. The number of aromatic nitrogens is 6. The van der Waals surface area contributed by atoms with Crippen molar-refractivity contribution in [3.8, 4) is 22.5 Å². The Bertz CT molecular complexity index is 3910. The van der Waals surface area contributed by atoms with Crippen LogP contribution in [0.3, 0.4) is 0 Å². The van der Waals surface area contributed by atoms with Gasteiger partial charge in [0.25, 0.3) is 19.2 Å². The lowest BCUT2D eigenvalue weighted by Crippen LogP contribution is -2.43. The molecule has 476 valence electrons. The fraction of sp³-hybridized carbons (Fsp3) is 0.303. The number of likely N-dealkylation sites (tertiary alicyclic amines) is 2. The van der Waals surface area contributed by atoms with E-state index in [1.54, 1.807) is 107 Å². The van der Waals surface area contributed by atoms with Crippen molar-refractivity contribution in [2.75, 3.05) is 29.6 Å². The largest absolute Gasteiger partial charge is 0.444 e. The number of piperidine rings is 2. The molecule has 4 aromatic heterocycles. The second-order valence-electron chi connectivity index (χ2n) is 23.5. The van der Waals surface area contributed by atoms with Gasteiger partial charge in [-0.2, -0.15) is 0 Å². The molecule has 0 spiro atoms. The number of carbonyl (C=O) groups excluding carboxylic acids is 6. The number of carbonyl (C=O) groups is 6. The molecule has 2 fully saturated rings. The molecule has 2 atom stereocenters. The highest BCUT2D eigenvalue weighted by Crippen LogP contribution is 2.42. The first-order valence-corrected chi connectivity index (χ1v) is 33.2. The van der Waals surface area contributed by atoms with E-state index < -0.39 is 36.8 Å².